The molecule has 25 heavy (non-hydrogen) atoms. The van der Waals surface area contributed by atoms with E-state index >= 15 is 0 Å². The van der Waals surface area contributed by atoms with Gasteiger partial charge in [0.2, 0.25) is 0 Å². The van der Waals surface area contributed by atoms with Crippen molar-refractivity contribution in [3.63, 3.8) is 0 Å². The van der Waals surface area contributed by atoms with E-state index in [1.807, 2.05) is 0 Å². The van der Waals surface area contributed by atoms with E-state index in [0.717, 1.165) is 7.11 Å². The summed E-state index contributed by atoms with van der Waals surface area (Å²) in [6, 6.07) is 4.92. The fourth-order valence-electron chi connectivity index (χ4n) is 1.82. The smallest absolute Gasteiger partial charge is 0.408 e. The van der Waals surface area contributed by atoms with Crippen molar-refractivity contribution in [2.45, 2.75) is 44.2 Å². The average molecular weight is 373 g/mol. The Morgan fingerprint density at radius 3 is 2.32 bits per heavy atom. The topological polar surface area (TPSA) is 108 Å². The maximum absolute atomic E-state index is 12.3. The summed E-state index contributed by atoms with van der Waals surface area (Å²) < 4.78 is 39.0. The van der Waals surface area contributed by atoms with Gasteiger partial charge in [0.05, 0.1) is 18.6 Å². The van der Waals surface area contributed by atoms with Crippen molar-refractivity contribution in [3.8, 4) is 0 Å². The molecule has 0 bridgehead atoms. The first kappa shape index (κ1) is 20.9. The van der Waals surface area contributed by atoms with Gasteiger partial charge in [-0.25, -0.2) is 9.59 Å². The maximum Gasteiger partial charge on any atom is 0.408 e. The van der Waals surface area contributed by atoms with Gasteiger partial charge in [0.1, 0.15) is 5.60 Å². The summed E-state index contributed by atoms with van der Waals surface area (Å²) in [5, 5.41) is 2.24. The second kappa shape index (κ2) is 8.30. The lowest BCUT2D eigenvalue weighted by atomic mass is 10.2. The lowest BCUT2D eigenvalue weighted by molar-refractivity contribution is -0.143. The predicted octanol–water partition coefficient (Wildman–Crippen LogP) is 1.77. The third-order valence-electron chi connectivity index (χ3n) is 2.93. The molecule has 0 aliphatic rings. The van der Waals surface area contributed by atoms with E-state index in [1.165, 1.54) is 6.07 Å². The largest absolute Gasteiger partial charge is 0.467 e. The molecule has 9 heteroatoms. The molecule has 1 N–H and O–H groups in total. The van der Waals surface area contributed by atoms with Crippen molar-refractivity contribution < 1.29 is 31.7 Å². The number of hydrogen-bond acceptors (Lipinski definition) is 7. The molecule has 0 saturated heterocycles. The van der Waals surface area contributed by atoms with E-state index in [1.54, 1.807) is 45.9 Å². The quantitative estimate of drug-likeness (QED) is 0.598. The minimum atomic E-state index is -4.10. The van der Waals surface area contributed by atoms with Crippen molar-refractivity contribution in [1.29, 1.82) is 0 Å². The molecule has 140 valence electrons. The fourth-order valence-corrected chi connectivity index (χ4v) is 2.97. The van der Waals surface area contributed by atoms with Gasteiger partial charge in [-0.15, -0.1) is 0 Å². The first-order valence-corrected chi connectivity index (χ1v) is 8.89. The number of carbonyl (C=O) groups is 2. The van der Waals surface area contributed by atoms with Gasteiger partial charge in [-0.1, -0.05) is 18.2 Å². The van der Waals surface area contributed by atoms with Gasteiger partial charge in [0, 0.05) is 0 Å². The van der Waals surface area contributed by atoms with Crippen molar-refractivity contribution in [1.82, 2.24) is 5.32 Å². The highest BCUT2D eigenvalue weighted by molar-refractivity contribution is 7.86. The highest BCUT2D eigenvalue weighted by Crippen LogP contribution is 2.17. The summed E-state index contributed by atoms with van der Waals surface area (Å²) in [5.74, 6) is -0.856. The SMILES string of the molecule is COC(=O)[C@H](COS(=O)(=O)c1ccccc1C)NC(=O)OC(C)(C)C. The molecule has 1 aromatic carbocycles. The molecule has 8 nitrogen and oxygen atoms in total. The number of ether oxygens (including phenoxy) is 2. The molecule has 1 aromatic rings. The minimum absolute atomic E-state index is 0.0177. The number of methoxy groups -OCH3 is 1. The number of carbonyl (C=O) groups excluding carboxylic acids is 2. The molecule has 0 radical (unpaired) electrons. The summed E-state index contributed by atoms with van der Waals surface area (Å²) in [7, 11) is -2.99. The van der Waals surface area contributed by atoms with E-state index in [2.05, 4.69) is 10.1 Å². The van der Waals surface area contributed by atoms with Crippen LogP contribution in [0.5, 0.6) is 0 Å². The van der Waals surface area contributed by atoms with E-state index < -0.39 is 40.4 Å². The Balaban J connectivity index is 2.85. The molecule has 1 atom stereocenters. The Morgan fingerprint density at radius 2 is 1.80 bits per heavy atom. The molecule has 0 aliphatic heterocycles. The average Bonchev–Trinajstić information content (AvgIpc) is 2.49. The van der Waals surface area contributed by atoms with Crippen LogP contribution in [-0.2, 0) is 28.6 Å². The van der Waals surface area contributed by atoms with E-state index in [4.69, 9.17) is 8.92 Å². The number of rotatable bonds is 6. The molecule has 0 aliphatic carbocycles. The van der Waals surface area contributed by atoms with E-state index in [-0.39, 0.29) is 4.90 Å². The first-order chi connectivity index (χ1) is 11.5. The van der Waals surface area contributed by atoms with Crippen LogP contribution in [0.2, 0.25) is 0 Å². The third-order valence-corrected chi connectivity index (χ3v) is 4.37. The Hall–Kier alpha value is -2.13. The molecule has 1 amide bonds. The zero-order chi connectivity index (χ0) is 19.3. The number of hydrogen-bond donors (Lipinski definition) is 1. The number of benzene rings is 1. The second-order valence-corrected chi connectivity index (χ2v) is 7.81. The van der Waals surface area contributed by atoms with Crippen LogP contribution in [0.1, 0.15) is 26.3 Å². The summed E-state index contributed by atoms with van der Waals surface area (Å²) in [6.07, 6.45) is -0.889. The monoisotopic (exact) mass is 373 g/mol. The number of aryl methyl sites for hydroxylation is 1. The molecule has 1 rings (SSSR count). The summed E-state index contributed by atoms with van der Waals surface area (Å²) in [5.41, 5.74) is -0.282. The minimum Gasteiger partial charge on any atom is -0.467 e. The van der Waals surface area contributed by atoms with Gasteiger partial charge in [-0.05, 0) is 39.3 Å². The number of amides is 1. The Labute approximate surface area is 147 Å². The molecular formula is C16H23NO7S. The molecular weight excluding hydrogens is 350 g/mol. The van der Waals surface area contributed by atoms with Crippen LogP contribution < -0.4 is 5.32 Å². The Bertz CT molecular complexity index is 722. The zero-order valence-electron chi connectivity index (χ0n) is 14.9. The van der Waals surface area contributed by atoms with Crippen LogP contribution in [0.3, 0.4) is 0 Å². The van der Waals surface area contributed by atoms with Gasteiger partial charge < -0.3 is 14.8 Å². The lowest BCUT2D eigenvalue weighted by Gasteiger charge is -2.22. The summed E-state index contributed by atoms with van der Waals surface area (Å²) >= 11 is 0. The van der Waals surface area contributed by atoms with E-state index in [9.17, 15) is 18.0 Å². The first-order valence-electron chi connectivity index (χ1n) is 7.48. The number of alkyl carbamates (subject to hydrolysis) is 1. The van der Waals surface area contributed by atoms with Gasteiger partial charge >= 0.3 is 12.1 Å². The van der Waals surface area contributed by atoms with Crippen LogP contribution in [0.4, 0.5) is 4.79 Å². The highest BCUT2D eigenvalue weighted by atomic mass is 32.2. The van der Waals surface area contributed by atoms with Crippen LogP contribution in [0.25, 0.3) is 0 Å². The van der Waals surface area contributed by atoms with Crippen LogP contribution in [0.15, 0.2) is 29.2 Å². The Kier molecular flexibility index (Phi) is 6.95. The van der Waals surface area contributed by atoms with Gasteiger partial charge in [-0.3, -0.25) is 4.18 Å². The number of esters is 1. The number of nitrogens with one attached hydrogen (secondary N) is 1. The third kappa shape index (κ3) is 6.71. The molecule has 0 saturated carbocycles. The van der Waals surface area contributed by atoms with Crippen molar-refractivity contribution >= 4 is 22.2 Å². The lowest BCUT2D eigenvalue weighted by Crippen LogP contribution is -2.47. The predicted molar refractivity (Wildman–Crippen MR) is 89.5 cm³/mol. The van der Waals surface area contributed by atoms with Crippen LogP contribution >= 0.6 is 0 Å². The zero-order valence-corrected chi connectivity index (χ0v) is 15.7. The van der Waals surface area contributed by atoms with E-state index in [0.29, 0.717) is 5.56 Å². The van der Waals surface area contributed by atoms with Crippen molar-refractivity contribution in [3.05, 3.63) is 29.8 Å². The second-order valence-electron chi connectivity index (χ2n) is 6.23. The van der Waals surface area contributed by atoms with Gasteiger partial charge in [-0.2, -0.15) is 8.42 Å². The Morgan fingerprint density at radius 1 is 1.20 bits per heavy atom. The highest BCUT2D eigenvalue weighted by Gasteiger charge is 2.28. The maximum atomic E-state index is 12.3. The summed E-state index contributed by atoms with van der Waals surface area (Å²) in [4.78, 5) is 23.5. The summed E-state index contributed by atoms with van der Waals surface area (Å²) in [6.45, 7) is 5.95. The van der Waals surface area contributed by atoms with Gasteiger partial charge in [0.15, 0.2) is 6.04 Å². The van der Waals surface area contributed by atoms with Crippen LogP contribution in [-0.4, -0.2) is 45.8 Å². The fraction of sp³-hybridized carbons (Fsp3) is 0.500. The normalized spacial score (nSPS) is 13.0. The molecule has 0 unspecified atom stereocenters. The molecule has 0 spiro atoms. The molecule has 0 heterocycles. The van der Waals surface area contributed by atoms with Crippen LogP contribution in [0, 0.1) is 6.92 Å². The van der Waals surface area contributed by atoms with Crippen molar-refractivity contribution in [2.24, 2.45) is 0 Å². The molecule has 0 aromatic heterocycles. The molecule has 0 fully saturated rings. The van der Waals surface area contributed by atoms with Gasteiger partial charge in [0.25, 0.3) is 10.1 Å². The standard InChI is InChI=1S/C16H23NO7S/c1-11-8-6-7-9-13(11)25(20,21)23-10-12(14(18)22-5)17-15(19)24-16(2,3)4/h6-9,12H,10H2,1-5H3,(H,17,19)/t12-/m0/s1. The van der Waals surface area contributed by atoms with Crippen molar-refractivity contribution in [2.75, 3.05) is 13.7 Å².